The van der Waals surface area contributed by atoms with Crippen molar-refractivity contribution in [1.82, 2.24) is 9.78 Å². The second kappa shape index (κ2) is 6.45. The molecule has 0 aliphatic carbocycles. The number of carbonyl (C=O) groups excluding carboxylic acids is 3. The van der Waals surface area contributed by atoms with E-state index in [9.17, 15) is 14.4 Å². The van der Waals surface area contributed by atoms with Crippen LogP contribution in [0.2, 0.25) is 0 Å². The van der Waals surface area contributed by atoms with Crippen LogP contribution in [0.4, 0.5) is 11.4 Å². The van der Waals surface area contributed by atoms with Crippen molar-refractivity contribution < 1.29 is 14.4 Å². The molecule has 3 aromatic rings. The average Bonchev–Trinajstić information content (AvgIpc) is 3.09. The number of benzene rings is 2. The molecule has 0 fully saturated rings. The molecule has 28 heavy (non-hydrogen) atoms. The highest BCUT2D eigenvalue weighted by molar-refractivity contribution is 6.34. The maximum atomic E-state index is 12.7. The third-order valence-electron chi connectivity index (χ3n) is 4.91. The van der Waals surface area contributed by atoms with Gasteiger partial charge in [0, 0.05) is 12.6 Å². The molecule has 0 saturated heterocycles. The normalized spacial score (nSPS) is 13.0. The van der Waals surface area contributed by atoms with E-state index >= 15 is 0 Å². The van der Waals surface area contributed by atoms with Crippen molar-refractivity contribution >= 4 is 29.1 Å². The van der Waals surface area contributed by atoms with Crippen LogP contribution in [-0.4, -0.2) is 27.5 Å². The first-order valence-corrected chi connectivity index (χ1v) is 8.78. The summed E-state index contributed by atoms with van der Waals surface area (Å²) in [5, 5.41) is 7.15. The maximum Gasteiger partial charge on any atom is 0.266 e. The Morgan fingerprint density at radius 3 is 2.18 bits per heavy atom. The molecule has 0 radical (unpaired) electrons. The minimum absolute atomic E-state index is 0.336. The SMILES string of the molecule is Cc1nn(C)c(C)c1NC(=O)c1cccc(N2C(=O)c3ccccc3C2=O)c1. The standard InChI is InChI=1S/C21H18N4O3/c1-12-18(13(2)24(3)23-12)22-19(26)14-7-6-8-15(11-14)25-20(27)16-9-4-5-10-17(16)21(25)28/h4-11H,1-3H3,(H,22,26). The summed E-state index contributed by atoms with van der Waals surface area (Å²) in [5.74, 6) is -1.12. The van der Waals surface area contributed by atoms with E-state index in [0.29, 0.717) is 33.8 Å². The van der Waals surface area contributed by atoms with Gasteiger partial charge in [-0.2, -0.15) is 5.10 Å². The fraction of sp³-hybridized carbons (Fsp3) is 0.143. The van der Waals surface area contributed by atoms with Gasteiger partial charge in [0.2, 0.25) is 0 Å². The molecule has 1 aromatic heterocycles. The van der Waals surface area contributed by atoms with Gasteiger partial charge in [0.1, 0.15) is 0 Å². The van der Waals surface area contributed by atoms with Crippen LogP contribution in [0.15, 0.2) is 48.5 Å². The first-order chi connectivity index (χ1) is 13.4. The number of nitrogens with zero attached hydrogens (tertiary/aromatic N) is 3. The van der Waals surface area contributed by atoms with E-state index in [-0.39, 0.29) is 5.91 Å². The van der Waals surface area contributed by atoms with Crippen molar-refractivity contribution in [3.63, 3.8) is 0 Å². The van der Waals surface area contributed by atoms with E-state index in [2.05, 4.69) is 10.4 Å². The number of aryl methyl sites for hydroxylation is 2. The summed E-state index contributed by atoms with van der Waals surface area (Å²) in [4.78, 5) is 39.2. The van der Waals surface area contributed by atoms with Crippen LogP contribution in [0.1, 0.15) is 42.5 Å². The summed E-state index contributed by atoms with van der Waals surface area (Å²) in [6.45, 7) is 3.68. The van der Waals surface area contributed by atoms with Crippen LogP contribution in [-0.2, 0) is 7.05 Å². The van der Waals surface area contributed by atoms with Gasteiger partial charge in [0.25, 0.3) is 17.7 Å². The predicted molar refractivity (Wildman–Crippen MR) is 105 cm³/mol. The van der Waals surface area contributed by atoms with E-state index in [1.807, 2.05) is 13.8 Å². The van der Waals surface area contributed by atoms with Gasteiger partial charge in [-0.1, -0.05) is 18.2 Å². The van der Waals surface area contributed by atoms with Crippen LogP contribution in [0, 0.1) is 13.8 Å². The number of amides is 3. The Balaban J connectivity index is 1.65. The Morgan fingerprint density at radius 2 is 1.61 bits per heavy atom. The number of hydrogen-bond acceptors (Lipinski definition) is 4. The largest absolute Gasteiger partial charge is 0.319 e. The minimum atomic E-state index is -0.392. The molecular formula is C21H18N4O3. The third-order valence-corrected chi connectivity index (χ3v) is 4.91. The molecule has 0 bridgehead atoms. The van der Waals surface area contributed by atoms with Crippen LogP contribution >= 0.6 is 0 Å². The van der Waals surface area contributed by atoms with Crippen molar-refractivity contribution in [2.24, 2.45) is 7.05 Å². The lowest BCUT2D eigenvalue weighted by molar-refractivity contribution is 0.0924. The number of hydrogen-bond donors (Lipinski definition) is 1. The number of rotatable bonds is 3. The Hall–Kier alpha value is -3.74. The molecule has 1 aliphatic rings. The summed E-state index contributed by atoms with van der Waals surface area (Å²) in [6, 6.07) is 13.2. The Kier molecular flexibility index (Phi) is 4.07. The zero-order valence-corrected chi connectivity index (χ0v) is 15.7. The van der Waals surface area contributed by atoms with Crippen LogP contribution in [0.25, 0.3) is 0 Å². The molecule has 3 amide bonds. The number of fused-ring (bicyclic) bond motifs is 1. The third kappa shape index (κ3) is 2.68. The second-order valence-corrected chi connectivity index (χ2v) is 6.67. The van der Waals surface area contributed by atoms with Crippen LogP contribution < -0.4 is 10.2 Å². The highest BCUT2D eigenvalue weighted by Gasteiger charge is 2.36. The topological polar surface area (TPSA) is 84.3 Å². The average molecular weight is 374 g/mol. The highest BCUT2D eigenvalue weighted by atomic mass is 16.2. The van der Waals surface area contributed by atoms with E-state index in [1.165, 1.54) is 6.07 Å². The number of carbonyl (C=O) groups is 3. The Morgan fingerprint density at radius 1 is 0.964 bits per heavy atom. The quantitative estimate of drug-likeness (QED) is 0.714. The smallest absolute Gasteiger partial charge is 0.266 e. The van der Waals surface area contributed by atoms with Gasteiger partial charge in [-0.15, -0.1) is 0 Å². The van der Waals surface area contributed by atoms with Gasteiger partial charge in [-0.05, 0) is 44.2 Å². The van der Waals surface area contributed by atoms with Crippen molar-refractivity contribution in [2.45, 2.75) is 13.8 Å². The summed E-state index contributed by atoms with van der Waals surface area (Å²) in [7, 11) is 1.81. The van der Waals surface area contributed by atoms with E-state index in [1.54, 1.807) is 54.2 Å². The van der Waals surface area contributed by atoms with Crippen LogP contribution in [0.5, 0.6) is 0 Å². The van der Waals surface area contributed by atoms with Crippen molar-refractivity contribution in [2.75, 3.05) is 10.2 Å². The molecule has 2 aromatic carbocycles. The van der Waals surface area contributed by atoms with Gasteiger partial charge in [0.05, 0.1) is 33.9 Å². The molecule has 2 heterocycles. The van der Waals surface area contributed by atoms with Crippen LogP contribution in [0.3, 0.4) is 0 Å². The molecule has 7 heteroatoms. The van der Waals surface area contributed by atoms with Crippen molar-refractivity contribution in [1.29, 1.82) is 0 Å². The molecular weight excluding hydrogens is 356 g/mol. The zero-order chi connectivity index (χ0) is 20.0. The van der Waals surface area contributed by atoms with Crippen molar-refractivity contribution in [3.8, 4) is 0 Å². The molecule has 7 nitrogen and oxygen atoms in total. The fourth-order valence-corrected chi connectivity index (χ4v) is 3.35. The molecule has 0 unspecified atom stereocenters. The Bertz CT molecular complexity index is 1110. The molecule has 0 saturated carbocycles. The monoisotopic (exact) mass is 374 g/mol. The lowest BCUT2D eigenvalue weighted by atomic mass is 10.1. The van der Waals surface area contributed by atoms with Gasteiger partial charge >= 0.3 is 0 Å². The number of anilines is 2. The maximum absolute atomic E-state index is 12.7. The van der Waals surface area contributed by atoms with Crippen molar-refractivity contribution in [3.05, 3.63) is 76.6 Å². The summed E-state index contributed by atoms with van der Waals surface area (Å²) < 4.78 is 1.69. The van der Waals surface area contributed by atoms with E-state index in [4.69, 9.17) is 0 Å². The number of aromatic nitrogens is 2. The lowest BCUT2D eigenvalue weighted by Crippen LogP contribution is -2.29. The minimum Gasteiger partial charge on any atom is -0.319 e. The number of nitrogens with one attached hydrogen (secondary N) is 1. The predicted octanol–water partition coefficient (Wildman–Crippen LogP) is 3.09. The fourth-order valence-electron chi connectivity index (χ4n) is 3.35. The first kappa shape index (κ1) is 17.7. The van der Waals surface area contributed by atoms with Gasteiger partial charge in [0.15, 0.2) is 0 Å². The Labute approximate surface area is 161 Å². The highest BCUT2D eigenvalue weighted by Crippen LogP contribution is 2.29. The van der Waals surface area contributed by atoms with E-state index in [0.717, 1.165) is 10.6 Å². The molecule has 0 spiro atoms. The molecule has 0 atom stereocenters. The van der Waals surface area contributed by atoms with Gasteiger partial charge in [-0.25, -0.2) is 4.90 Å². The van der Waals surface area contributed by atoms with Gasteiger partial charge in [-0.3, -0.25) is 19.1 Å². The molecule has 1 aliphatic heterocycles. The zero-order valence-electron chi connectivity index (χ0n) is 15.7. The summed E-state index contributed by atoms with van der Waals surface area (Å²) in [6.07, 6.45) is 0. The lowest BCUT2D eigenvalue weighted by Gasteiger charge is -2.15. The summed E-state index contributed by atoms with van der Waals surface area (Å²) >= 11 is 0. The molecule has 1 N–H and O–H groups in total. The first-order valence-electron chi connectivity index (χ1n) is 8.78. The number of imide groups is 1. The second-order valence-electron chi connectivity index (χ2n) is 6.67. The molecule has 140 valence electrons. The molecule has 4 rings (SSSR count). The van der Waals surface area contributed by atoms with Gasteiger partial charge < -0.3 is 5.32 Å². The summed E-state index contributed by atoms with van der Waals surface area (Å²) in [5.41, 5.74) is 3.63. The van der Waals surface area contributed by atoms with E-state index < -0.39 is 11.8 Å².